The Bertz CT molecular complexity index is 385. The molecule has 0 amide bonds. The molecular weight excluding hydrogens is 224 g/mol. The Morgan fingerprint density at radius 2 is 1.83 bits per heavy atom. The average molecular weight is 246 g/mol. The molecule has 0 spiro atoms. The summed E-state index contributed by atoms with van der Waals surface area (Å²) in [5.74, 6) is -0.157. The number of allylic oxidation sites excluding steroid dienone is 1. The molecule has 0 bridgehead atoms. The molecule has 0 fully saturated rings. The molecule has 0 aliphatic heterocycles. The molecule has 0 aromatic heterocycles. The monoisotopic (exact) mass is 246 g/mol. The molecule has 18 heavy (non-hydrogen) atoms. The molecule has 0 aliphatic carbocycles. The van der Waals surface area contributed by atoms with Crippen molar-refractivity contribution in [1.82, 2.24) is 0 Å². The number of aryl methyl sites for hydroxylation is 1. The van der Waals surface area contributed by atoms with Crippen molar-refractivity contribution in [3.05, 3.63) is 48.0 Å². The molecule has 98 valence electrons. The van der Waals surface area contributed by atoms with Gasteiger partial charge in [0.25, 0.3) is 0 Å². The van der Waals surface area contributed by atoms with Gasteiger partial charge in [-0.05, 0) is 39.2 Å². The van der Waals surface area contributed by atoms with Gasteiger partial charge in [0, 0.05) is 0 Å². The predicted octanol–water partition coefficient (Wildman–Crippen LogP) is 3.76. The highest BCUT2D eigenvalue weighted by Gasteiger charge is 2.22. The first-order valence-electron chi connectivity index (χ1n) is 6.36. The second kappa shape index (κ2) is 7.00. The molecule has 0 N–H and O–H groups in total. The summed E-state index contributed by atoms with van der Waals surface area (Å²) in [7, 11) is 0. The predicted molar refractivity (Wildman–Crippen MR) is 74.3 cm³/mol. The Morgan fingerprint density at radius 3 is 2.44 bits per heavy atom. The minimum absolute atomic E-state index is 0.157. The van der Waals surface area contributed by atoms with E-state index in [-0.39, 0.29) is 5.97 Å². The van der Waals surface area contributed by atoms with Gasteiger partial charge in [0.15, 0.2) is 0 Å². The molecule has 0 unspecified atom stereocenters. The van der Waals surface area contributed by atoms with Crippen LogP contribution in [-0.2, 0) is 16.0 Å². The van der Waals surface area contributed by atoms with Crippen molar-refractivity contribution in [3.8, 4) is 0 Å². The van der Waals surface area contributed by atoms with Crippen molar-refractivity contribution >= 4 is 5.97 Å². The summed E-state index contributed by atoms with van der Waals surface area (Å²) in [6, 6.07) is 10.3. The lowest BCUT2D eigenvalue weighted by Crippen LogP contribution is -2.22. The van der Waals surface area contributed by atoms with Gasteiger partial charge < -0.3 is 4.74 Å². The fraction of sp³-hybridized carbons (Fsp3) is 0.438. The van der Waals surface area contributed by atoms with Gasteiger partial charge in [0.05, 0.1) is 5.41 Å². The van der Waals surface area contributed by atoms with Gasteiger partial charge in [-0.2, -0.15) is 0 Å². The van der Waals surface area contributed by atoms with Crippen LogP contribution in [0.3, 0.4) is 0 Å². The van der Waals surface area contributed by atoms with Crippen molar-refractivity contribution in [3.63, 3.8) is 0 Å². The van der Waals surface area contributed by atoms with E-state index in [1.54, 1.807) is 0 Å². The number of carbonyl (C=O) groups is 1. The van der Waals surface area contributed by atoms with Crippen LogP contribution in [0.4, 0.5) is 0 Å². The number of hydrogen-bond acceptors (Lipinski definition) is 2. The third-order valence-corrected chi connectivity index (χ3v) is 2.53. The number of benzene rings is 1. The van der Waals surface area contributed by atoms with E-state index < -0.39 is 5.41 Å². The molecule has 0 atom stereocenters. The van der Waals surface area contributed by atoms with Crippen LogP contribution in [0.1, 0.15) is 32.8 Å². The Morgan fingerprint density at radius 1 is 1.17 bits per heavy atom. The van der Waals surface area contributed by atoms with Crippen LogP contribution < -0.4 is 0 Å². The number of hydrogen-bond donors (Lipinski definition) is 0. The second-order valence-corrected chi connectivity index (χ2v) is 5.34. The van der Waals surface area contributed by atoms with Gasteiger partial charge >= 0.3 is 5.97 Å². The maximum absolute atomic E-state index is 11.5. The summed E-state index contributed by atoms with van der Waals surface area (Å²) in [6.07, 6.45) is 5.96. The summed E-state index contributed by atoms with van der Waals surface area (Å²) >= 11 is 0. The molecule has 0 heterocycles. The highest BCUT2D eigenvalue weighted by atomic mass is 16.5. The number of esters is 1. The molecule has 2 nitrogen and oxygen atoms in total. The van der Waals surface area contributed by atoms with Crippen LogP contribution in [0.5, 0.6) is 0 Å². The quantitative estimate of drug-likeness (QED) is 0.584. The molecule has 1 rings (SSSR count). The number of carbonyl (C=O) groups excluding carboxylic acids is 1. The Hall–Kier alpha value is -1.57. The largest absolute Gasteiger partial charge is 0.461 e. The summed E-state index contributed by atoms with van der Waals surface area (Å²) in [5, 5.41) is 0. The lowest BCUT2D eigenvalue weighted by atomic mass is 9.97. The van der Waals surface area contributed by atoms with Crippen LogP contribution in [-0.4, -0.2) is 12.6 Å². The molecule has 0 saturated heterocycles. The zero-order chi connectivity index (χ0) is 13.4. The average Bonchev–Trinajstić information content (AvgIpc) is 2.33. The van der Waals surface area contributed by atoms with E-state index in [4.69, 9.17) is 4.74 Å². The van der Waals surface area contributed by atoms with Crippen molar-refractivity contribution in [2.75, 3.05) is 6.61 Å². The van der Waals surface area contributed by atoms with E-state index in [9.17, 15) is 4.79 Å². The van der Waals surface area contributed by atoms with Gasteiger partial charge in [0.2, 0.25) is 0 Å². The van der Waals surface area contributed by atoms with E-state index in [0.717, 1.165) is 12.8 Å². The van der Waals surface area contributed by atoms with Gasteiger partial charge in [-0.1, -0.05) is 42.5 Å². The van der Waals surface area contributed by atoms with E-state index >= 15 is 0 Å². The maximum atomic E-state index is 11.5. The minimum atomic E-state index is -0.419. The summed E-state index contributed by atoms with van der Waals surface area (Å²) < 4.78 is 5.13. The zero-order valence-electron chi connectivity index (χ0n) is 11.5. The molecule has 2 heteroatoms. The summed E-state index contributed by atoms with van der Waals surface area (Å²) in [5.41, 5.74) is 0.909. The fourth-order valence-corrected chi connectivity index (χ4v) is 1.42. The minimum Gasteiger partial charge on any atom is -0.461 e. The molecule has 0 radical (unpaired) electrons. The standard InChI is InChI=1S/C16H22O2/c1-16(2,3)15(17)18-13-9-5-8-12-14-10-6-4-7-11-14/h4-7,9-11H,8,12-13H2,1-3H3/b9-5-. The van der Waals surface area contributed by atoms with Crippen molar-refractivity contribution in [2.45, 2.75) is 33.6 Å². The van der Waals surface area contributed by atoms with Crippen LogP contribution in [0, 0.1) is 5.41 Å². The second-order valence-electron chi connectivity index (χ2n) is 5.34. The van der Waals surface area contributed by atoms with Gasteiger partial charge in [-0.15, -0.1) is 0 Å². The van der Waals surface area contributed by atoms with Crippen LogP contribution in [0.15, 0.2) is 42.5 Å². The Labute approximate surface area is 110 Å². The number of ether oxygens (including phenoxy) is 1. The molecular formula is C16H22O2. The van der Waals surface area contributed by atoms with Crippen molar-refractivity contribution in [1.29, 1.82) is 0 Å². The molecule has 1 aromatic carbocycles. The van der Waals surface area contributed by atoms with E-state index in [1.165, 1.54) is 5.56 Å². The van der Waals surface area contributed by atoms with E-state index in [2.05, 4.69) is 18.2 Å². The smallest absolute Gasteiger partial charge is 0.311 e. The summed E-state index contributed by atoms with van der Waals surface area (Å²) in [6.45, 7) is 5.93. The SMILES string of the molecule is CC(C)(C)C(=O)OC/C=C\CCc1ccccc1. The first kappa shape index (κ1) is 14.5. The maximum Gasteiger partial charge on any atom is 0.311 e. The lowest BCUT2D eigenvalue weighted by molar-refractivity contribution is -0.151. The van der Waals surface area contributed by atoms with Gasteiger partial charge in [-0.3, -0.25) is 4.79 Å². The third-order valence-electron chi connectivity index (χ3n) is 2.53. The van der Waals surface area contributed by atoms with E-state index in [0.29, 0.717) is 6.61 Å². The first-order chi connectivity index (χ1) is 8.50. The third kappa shape index (κ3) is 5.67. The van der Waals surface area contributed by atoms with Crippen LogP contribution in [0.2, 0.25) is 0 Å². The van der Waals surface area contributed by atoms with Crippen LogP contribution >= 0.6 is 0 Å². The first-order valence-corrected chi connectivity index (χ1v) is 6.36. The van der Waals surface area contributed by atoms with Gasteiger partial charge in [0.1, 0.15) is 6.61 Å². The highest BCUT2D eigenvalue weighted by molar-refractivity contribution is 5.75. The Kier molecular flexibility index (Phi) is 5.63. The summed E-state index contributed by atoms with van der Waals surface area (Å²) in [4.78, 5) is 11.5. The number of rotatable bonds is 5. The van der Waals surface area contributed by atoms with Crippen molar-refractivity contribution < 1.29 is 9.53 Å². The fourth-order valence-electron chi connectivity index (χ4n) is 1.42. The van der Waals surface area contributed by atoms with Gasteiger partial charge in [-0.25, -0.2) is 0 Å². The van der Waals surface area contributed by atoms with E-state index in [1.807, 2.05) is 45.0 Å². The highest BCUT2D eigenvalue weighted by Crippen LogP contribution is 2.14. The van der Waals surface area contributed by atoms with Crippen molar-refractivity contribution in [2.24, 2.45) is 5.41 Å². The topological polar surface area (TPSA) is 26.3 Å². The zero-order valence-corrected chi connectivity index (χ0v) is 11.5. The normalized spacial score (nSPS) is 11.7. The Balaban J connectivity index is 2.17. The molecule has 0 aliphatic rings. The van der Waals surface area contributed by atoms with Crippen LogP contribution in [0.25, 0.3) is 0 Å². The molecule has 0 saturated carbocycles. The molecule has 1 aromatic rings. The lowest BCUT2D eigenvalue weighted by Gasteiger charge is -2.15.